The van der Waals surface area contributed by atoms with E-state index in [-0.39, 0.29) is 0 Å². The molecule has 6 nitrogen and oxygen atoms in total. The van der Waals surface area contributed by atoms with Crippen molar-refractivity contribution >= 4 is 20.5 Å². The fourth-order valence-electron chi connectivity index (χ4n) is 1.76. The van der Waals surface area contributed by atoms with Crippen LogP contribution in [0.5, 0.6) is 0 Å². The van der Waals surface area contributed by atoms with Crippen LogP contribution in [0.4, 0.5) is 0 Å². The average molecular weight is 316 g/mol. The van der Waals surface area contributed by atoms with Crippen LogP contribution in [-0.2, 0) is 27.9 Å². The monoisotopic (exact) mass is 316 g/mol. The van der Waals surface area contributed by atoms with Gasteiger partial charge in [-0.2, -0.15) is 0 Å². The summed E-state index contributed by atoms with van der Waals surface area (Å²) in [7, 11) is 0.883. The van der Waals surface area contributed by atoms with Crippen molar-refractivity contribution in [2.75, 3.05) is 27.4 Å². The van der Waals surface area contributed by atoms with Gasteiger partial charge in [0, 0.05) is 26.4 Å². The first-order valence-electron chi connectivity index (χ1n) is 6.72. The lowest BCUT2D eigenvalue weighted by Crippen LogP contribution is -2.40. The van der Waals surface area contributed by atoms with Crippen LogP contribution >= 0.6 is 0 Å². The van der Waals surface area contributed by atoms with Gasteiger partial charge < -0.3 is 18.3 Å². The Morgan fingerprint density at radius 1 is 0.905 bits per heavy atom. The maximum Gasteiger partial charge on any atom is 0.337 e. The number of esters is 2. The van der Waals surface area contributed by atoms with E-state index in [4.69, 9.17) is 18.3 Å². The molecule has 0 unspecified atom stereocenters. The van der Waals surface area contributed by atoms with Crippen molar-refractivity contribution in [1.29, 1.82) is 0 Å². The molecule has 0 fully saturated rings. The highest BCUT2D eigenvalue weighted by atomic mass is 28.4. The molecule has 0 spiro atoms. The molecule has 0 aliphatic rings. The van der Waals surface area contributed by atoms with Crippen LogP contribution in [0.25, 0.3) is 0 Å². The predicted molar refractivity (Wildman–Crippen MR) is 80.9 cm³/mol. The maximum atomic E-state index is 10.9. The molecule has 0 saturated heterocycles. The van der Waals surface area contributed by atoms with E-state index in [1.54, 1.807) is 14.2 Å². The number of hydrogen-bond donors (Lipinski definition) is 0. The molecule has 0 aliphatic carbocycles. The fourth-order valence-corrected chi connectivity index (χ4v) is 4.36. The Morgan fingerprint density at radius 3 is 1.57 bits per heavy atom. The van der Waals surface area contributed by atoms with Crippen molar-refractivity contribution in [2.45, 2.75) is 24.9 Å². The van der Waals surface area contributed by atoms with Crippen LogP contribution < -0.4 is 0 Å². The van der Waals surface area contributed by atoms with Gasteiger partial charge in [0.15, 0.2) is 0 Å². The molecule has 0 aromatic rings. The Labute approximate surface area is 127 Å². The van der Waals surface area contributed by atoms with E-state index in [1.807, 2.05) is 0 Å². The van der Waals surface area contributed by atoms with E-state index >= 15 is 0 Å². The van der Waals surface area contributed by atoms with Gasteiger partial charge in [0.1, 0.15) is 0 Å². The largest absolute Gasteiger partial charge is 0.463 e. The molecule has 7 heteroatoms. The van der Waals surface area contributed by atoms with Crippen LogP contribution in [0, 0.1) is 0 Å². The SMILES string of the molecule is C=CC(=O)OCCC[Si](CCCOC(=O)C=C)(OC)OC. The summed E-state index contributed by atoms with van der Waals surface area (Å²) >= 11 is 0. The molecule has 0 bridgehead atoms. The summed E-state index contributed by atoms with van der Waals surface area (Å²) in [5.41, 5.74) is 0. The first-order chi connectivity index (χ1) is 10.0. The van der Waals surface area contributed by atoms with Gasteiger partial charge in [0.2, 0.25) is 0 Å². The summed E-state index contributed by atoms with van der Waals surface area (Å²) in [5, 5.41) is 0. The van der Waals surface area contributed by atoms with E-state index in [9.17, 15) is 9.59 Å². The molecule has 120 valence electrons. The lowest BCUT2D eigenvalue weighted by atomic mass is 10.5. The minimum absolute atomic E-state index is 0.303. The van der Waals surface area contributed by atoms with E-state index in [0.29, 0.717) is 38.1 Å². The van der Waals surface area contributed by atoms with Crippen molar-refractivity contribution in [3.05, 3.63) is 25.3 Å². The molecule has 0 radical (unpaired) electrons. The van der Waals surface area contributed by atoms with Crippen LogP contribution in [0.2, 0.25) is 12.1 Å². The van der Waals surface area contributed by atoms with Gasteiger partial charge in [-0.1, -0.05) is 13.2 Å². The van der Waals surface area contributed by atoms with E-state index < -0.39 is 20.5 Å². The van der Waals surface area contributed by atoms with Crippen molar-refractivity contribution in [2.24, 2.45) is 0 Å². The summed E-state index contributed by atoms with van der Waals surface area (Å²) in [4.78, 5) is 21.9. The minimum atomic E-state index is -2.34. The Morgan fingerprint density at radius 2 is 1.29 bits per heavy atom. The van der Waals surface area contributed by atoms with Crippen molar-refractivity contribution < 1.29 is 27.9 Å². The molecule has 0 aromatic heterocycles. The quantitative estimate of drug-likeness (QED) is 0.237. The second kappa shape index (κ2) is 11.2. The topological polar surface area (TPSA) is 71.1 Å². The average Bonchev–Trinajstić information content (AvgIpc) is 2.53. The number of carbonyl (C=O) groups excluding carboxylic acids is 2. The highest BCUT2D eigenvalue weighted by Gasteiger charge is 2.34. The molecule has 0 aromatic carbocycles. The zero-order valence-electron chi connectivity index (χ0n) is 12.8. The molecular formula is C14H24O6Si. The van der Waals surface area contributed by atoms with Gasteiger partial charge in [-0.15, -0.1) is 0 Å². The Kier molecular flexibility index (Phi) is 10.5. The molecule has 0 N–H and O–H groups in total. The molecule has 0 amide bonds. The normalized spacial score (nSPS) is 10.8. The summed E-state index contributed by atoms with van der Waals surface area (Å²) in [6.07, 6.45) is 3.57. The lowest BCUT2D eigenvalue weighted by molar-refractivity contribution is -0.138. The number of ether oxygens (including phenoxy) is 2. The predicted octanol–water partition coefficient (Wildman–Crippen LogP) is 1.96. The van der Waals surface area contributed by atoms with Gasteiger partial charge in [0.25, 0.3) is 0 Å². The van der Waals surface area contributed by atoms with Crippen molar-refractivity contribution in [3.63, 3.8) is 0 Å². The Bertz CT molecular complexity index is 321. The van der Waals surface area contributed by atoms with Gasteiger partial charge in [-0.05, 0) is 24.9 Å². The highest BCUT2D eigenvalue weighted by molar-refractivity contribution is 6.67. The zero-order chi connectivity index (χ0) is 16.1. The van der Waals surface area contributed by atoms with E-state index in [0.717, 1.165) is 12.2 Å². The molecule has 0 atom stereocenters. The van der Waals surface area contributed by atoms with Gasteiger partial charge >= 0.3 is 20.5 Å². The second-order valence-electron chi connectivity index (χ2n) is 4.27. The first kappa shape index (κ1) is 19.6. The van der Waals surface area contributed by atoms with Crippen LogP contribution in [0.15, 0.2) is 25.3 Å². The van der Waals surface area contributed by atoms with Crippen LogP contribution in [0.1, 0.15) is 12.8 Å². The van der Waals surface area contributed by atoms with Gasteiger partial charge in [0.05, 0.1) is 13.2 Å². The Hall–Kier alpha value is -1.44. The fraction of sp³-hybridized carbons (Fsp3) is 0.571. The molecule has 0 rings (SSSR count). The minimum Gasteiger partial charge on any atom is -0.463 e. The maximum absolute atomic E-state index is 10.9. The summed E-state index contributed by atoms with van der Waals surface area (Å²) in [6, 6.07) is 1.39. The van der Waals surface area contributed by atoms with Gasteiger partial charge in [-0.3, -0.25) is 0 Å². The molecular weight excluding hydrogens is 292 g/mol. The molecule has 0 saturated carbocycles. The smallest absolute Gasteiger partial charge is 0.337 e. The van der Waals surface area contributed by atoms with Crippen molar-refractivity contribution in [3.8, 4) is 0 Å². The molecule has 0 heterocycles. The third kappa shape index (κ3) is 8.44. The van der Waals surface area contributed by atoms with Crippen LogP contribution in [-0.4, -0.2) is 47.9 Å². The third-order valence-electron chi connectivity index (χ3n) is 2.97. The summed E-state index contributed by atoms with van der Waals surface area (Å²) in [5.74, 6) is -0.873. The number of hydrogen-bond acceptors (Lipinski definition) is 6. The van der Waals surface area contributed by atoms with E-state index in [1.165, 1.54) is 0 Å². The molecule has 21 heavy (non-hydrogen) atoms. The zero-order valence-corrected chi connectivity index (χ0v) is 13.8. The number of carbonyl (C=O) groups is 2. The van der Waals surface area contributed by atoms with Crippen LogP contribution in [0.3, 0.4) is 0 Å². The lowest BCUT2D eigenvalue weighted by Gasteiger charge is -2.27. The van der Waals surface area contributed by atoms with E-state index in [2.05, 4.69) is 13.2 Å². The first-order valence-corrected chi connectivity index (χ1v) is 8.95. The summed E-state index contributed by atoms with van der Waals surface area (Å²) < 4.78 is 20.9. The standard InChI is InChI=1S/C14H24O6Si/c1-5-13(15)19-9-7-11-21(17-3,18-4)12-8-10-20-14(16)6-2/h5-6H,1-2,7-12H2,3-4H3. The third-order valence-corrected chi connectivity index (χ3v) is 6.69. The highest BCUT2D eigenvalue weighted by Crippen LogP contribution is 2.21. The Balaban J connectivity index is 4.10. The molecule has 0 aliphatic heterocycles. The number of rotatable bonds is 12. The van der Waals surface area contributed by atoms with Crippen molar-refractivity contribution in [1.82, 2.24) is 0 Å². The van der Waals surface area contributed by atoms with Gasteiger partial charge in [-0.25, -0.2) is 9.59 Å². The summed E-state index contributed by atoms with van der Waals surface area (Å²) in [6.45, 7) is 7.26. The second-order valence-corrected chi connectivity index (χ2v) is 7.91.